The average Bonchev–Trinajstić information content (AvgIpc) is 2.44. The maximum Gasteiger partial charge on any atom is 0.192 e. The van der Waals surface area contributed by atoms with E-state index in [1.807, 2.05) is 0 Å². The Bertz CT molecular complexity index is 424. The Morgan fingerprint density at radius 3 is 1.07 bits per heavy atom. The Morgan fingerprint density at radius 1 is 0.643 bits per heavy atom. The van der Waals surface area contributed by atoms with Crippen LogP contribution in [0.2, 0.25) is 36.3 Å². The molecule has 2 aliphatic carbocycles. The molecule has 2 fully saturated rings. The zero-order chi connectivity index (χ0) is 22.0. The first kappa shape index (κ1) is 26.3. The van der Waals surface area contributed by atoms with Gasteiger partial charge in [0.05, 0.1) is 0 Å². The van der Waals surface area contributed by atoms with Crippen LogP contribution < -0.4 is 0 Å². The lowest BCUT2D eigenvalue weighted by Gasteiger charge is -2.44. The van der Waals surface area contributed by atoms with Crippen LogP contribution in [0.4, 0.5) is 0 Å². The summed E-state index contributed by atoms with van der Waals surface area (Å²) in [6.45, 7) is 23.4. The van der Waals surface area contributed by atoms with Crippen molar-refractivity contribution >= 4 is 16.6 Å². The summed E-state index contributed by atoms with van der Waals surface area (Å²) in [5.41, 5.74) is 0. The highest BCUT2D eigenvalue weighted by molar-refractivity contribution is 6.74. The molecule has 0 bridgehead atoms. The van der Waals surface area contributed by atoms with E-state index < -0.39 is 16.6 Å². The van der Waals surface area contributed by atoms with Crippen LogP contribution in [0.25, 0.3) is 0 Å². The summed E-state index contributed by atoms with van der Waals surface area (Å²) in [4.78, 5) is 0. The van der Waals surface area contributed by atoms with Crippen molar-refractivity contribution in [2.45, 2.75) is 116 Å². The minimum atomic E-state index is -1.56. The summed E-state index contributed by atoms with van der Waals surface area (Å²) in [6, 6.07) is 0. The van der Waals surface area contributed by atoms with E-state index in [1.165, 1.54) is 0 Å². The molecule has 28 heavy (non-hydrogen) atoms. The van der Waals surface area contributed by atoms with Crippen molar-refractivity contribution in [2.75, 3.05) is 13.2 Å². The largest absolute Gasteiger partial charge is 0.414 e. The first-order chi connectivity index (χ1) is 12.5. The third-order valence-corrected chi connectivity index (χ3v) is 16.5. The first-order valence-corrected chi connectivity index (χ1v) is 16.9. The van der Waals surface area contributed by atoms with Crippen LogP contribution in [0, 0.1) is 11.8 Å². The lowest BCUT2D eigenvalue weighted by molar-refractivity contribution is 0.0231. The van der Waals surface area contributed by atoms with Crippen molar-refractivity contribution < 1.29 is 19.1 Å². The van der Waals surface area contributed by atoms with Crippen LogP contribution in [0.3, 0.4) is 0 Å². The molecule has 2 aliphatic rings. The predicted molar refractivity (Wildman–Crippen MR) is 124 cm³/mol. The fourth-order valence-corrected chi connectivity index (χ4v) is 5.79. The van der Waals surface area contributed by atoms with Gasteiger partial charge in [0.15, 0.2) is 16.6 Å². The number of aliphatic hydroxyl groups is 2. The van der Waals surface area contributed by atoms with Gasteiger partial charge in [-0.25, -0.2) is 0 Å². The van der Waals surface area contributed by atoms with Crippen molar-refractivity contribution in [3.8, 4) is 0 Å². The Hall–Kier alpha value is 0.274. The van der Waals surface area contributed by atoms with E-state index in [1.54, 1.807) is 0 Å². The zero-order valence-electron chi connectivity index (χ0n) is 20.3. The van der Waals surface area contributed by atoms with Crippen LogP contribution >= 0.6 is 0 Å². The number of hydrogen-bond acceptors (Lipinski definition) is 4. The van der Waals surface area contributed by atoms with Gasteiger partial charge < -0.3 is 19.1 Å². The van der Waals surface area contributed by atoms with E-state index >= 15 is 0 Å². The van der Waals surface area contributed by atoms with Crippen molar-refractivity contribution in [2.24, 2.45) is 11.8 Å². The topological polar surface area (TPSA) is 58.9 Å². The number of hydrogen-bond donors (Lipinski definition) is 2. The first-order valence-electron chi connectivity index (χ1n) is 11.1. The molecule has 0 unspecified atom stereocenters. The maximum absolute atomic E-state index is 8.92. The molecule has 0 spiro atoms. The second-order valence-corrected chi connectivity index (χ2v) is 21.6. The number of aliphatic hydroxyl groups excluding tert-OH is 2. The van der Waals surface area contributed by atoms with Crippen LogP contribution in [0.15, 0.2) is 0 Å². The standard InChI is InChI=1S/2C11H24O2Si/c2*1-11(2,3)14(4,5)13-10-6-9(7-10)8-12/h2*9-10,12H,6-8H2,1-5H3. The van der Waals surface area contributed by atoms with Crippen LogP contribution in [-0.4, -0.2) is 52.3 Å². The molecule has 0 aromatic carbocycles. The predicted octanol–water partition coefficient (Wildman–Crippen LogP) is 5.56. The minimum Gasteiger partial charge on any atom is -0.414 e. The molecule has 2 rings (SSSR count). The van der Waals surface area contributed by atoms with Crippen LogP contribution in [-0.2, 0) is 8.85 Å². The summed E-state index contributed by atoms with van der Waals surface area (Å²) in [5.74, 6) is 1.01. The van der Waals surface area contributed by atoms with Crippen molar-refractivity contribution in [1.82, 2.24) is 0 Å². The molecule has 0 saturated heterocycles. The molecule has 2 saturated carbocycles. The number of rotatable bonds is 6. The maximum atomic E-state index is 8.92. The van der Waals surface area contributed by atoms with Crippen LogP contribution in [0.5, 0.6) is 0 Å². The van der Waals surface area contributed by atoms with Crippen LogP contribution in [0.1, 0.15) is 67.2 Å². The fraction of sp³-hybridized carbons (Fsp3) is 1.00. The van der Waals surface area contributed by atoms with E-state index in [4.69, 9.17) is 19.1 Å². The van der Waals surface area contributed by atoms with Gasteiger partial charge in [-0.05, 0) is 73.8 Å². The van der Waals surface area contributed by atoms with Crippen molar-refractivity contribution in [1.29, 1.82) is 0 Å². The Morgan fingerprint density at radius 2 is 0.893 bits per heavy atom. The SMILES string of the molecule is CC(C)(C)[Si](C)(C)OC1CC(CO)C1.CC(C)(C)[Si](C)(C)OC1CC(CO)C1. The second kappa shape index (κ2) is 9.60. The van der Waals surface area contributed by atoms with Gasteiger partial charge in [-0.15, -0.1) is 0 Å². The smallest absolute Gasteiger partial charge is 0.192 e. The van der Waals surface area contributed by atoms with E-state index in [9.17, 15) is 0 Å². The highest BCUT2D eigenvalue weighted by atomic mass is 28.4. The van der Waals surface area contributed by atoms with E-state index in [0.717, 1.165) is 25.7 Å². The van der Waals surface area contributed by atoms with E-state index in [-0.39, 0.29) is 0 Å². The molecule has 4 nitrogen and oxygen atoms in total. The highest BCUT2D eigenvalue weighted by Crippen LogP contribution is 2.42. The molecule has 0 aromatic heterocycles. The molecule has 168 valence electrons. The van der Waals surface area contributed by atoms with Gasteiger partial charge in [0.1, 0.15) is 0 Å². The zero-order valence-corrected chi connectivity index (χ0v) is 22.3. The monoisotopic (exact) mass is 432 g/mol. The molecule has 0 aliphatic heterocycles. The summed E-state index contributed by atoms with van der Waals surface area (Å²) in [7, 11) is -3.12. The Labute approximate surface area is 176 Å². The van der Waals surface area contributed by atoms with Gasteiger partial charge in [-0.3, -0.25) is 0 Å². The quantitative estimate of drug-likeness (QED) is 0.540. The highest BCUT2D eigenvalue weighted by Gasteiger charge is 2.43. The van der Waals surface area contributed by atoms with Gasteiger partial charge in [0.2, 0.25) is 0 Å². The molecule has 0 heterocycles. The van der Waals surface area contributed by atoms with Gasteiger partial charge in [0, 0.05) is 25.4 Å². The second-order valence-electron chi connectivity index (χ2n) is 12.0. The fourth-order valence-electron chi connectivity index (χ4n) is 3.03. The molecular formula is C22H48O4Si2. The van der Waals surface area contributed by atoms with Gasteiger partial charge in [-0.1, -0.05) is 41.5 Å². The summed E-state index contributed by atoms with van der Waals surface area (Å²) >= 11 is 0. The molecule has 0 atom stereocenters. The van der Waals surface area contributed by atoms with Crippen molar-refractivity contribution in [3.63, 3.8) is 0 Å². The molecule has 2 N–H and O–H groups in total. The Kier molecular flexibility index (Phi) is 9.02. The summed E-state index contributed by atoms with van der Waals surface area (Å²) in [6.07, 6.45) is 5.08. The van der Waals surface area contributed by atoms with Crippen molar-refractivity contribution in [3.05, 3.63) is 0 Å². The van der Waals surface area contributed by atoms with Gasteiger partial charge >= 0.3 is 0 Å². The average molecular weight is 433 g/mol. The van der Waals surface area contributed by atoms with E-state index in [0.29, 0.717) is 47.3 Å². The molecular weight excluding hydrogens is 384 g/mol. The minimum absolute atomic E-state index is 0.303. The molecule has 0 amide bonds. The van der Waals surface area contributed by atoms with Gasteiger partial charge in [0.25, 0.3) is 0 Å². The summed E-state index contributed by atoms with van der Waals surface area (Å²) < 4.78 is 12.4. The molecule has 0 radical (unpaired) electrons. The molecule has 6 heteroatoms. The van der Waals surface area contributed by atoms with E-state index in [2.05, 4.69) is 67.7 Å². The Balaban J connectivity index is 0.000000280. The van der Waals surface area contributed by atoms with Gasteiger partial charge in [-0.2, -0.15) is 0 Å². The molecule has 0 aromatic rings. The third kappa shape index (κ3) is 7.20. The lowest BCUT2D eigenvalue weighted by Crippen LogP contribution is -2.48. The summed E-state index contributed by atoms with van der Waals surface area (Å²) in [5, 5.41) is 18.4. The lowest BCUT2D eigenvalue weighted by atomic mass is 9.83. The third-order valence-electron chi connectivity index (χ3n) is 7.44. The normalized spacial score (nSPS) is 28.7.